The third-order valence-corrected chi connectivity index (χ3v) is 3.29. The molecule has 0 heterocycles. The molecule has 14 heavy (non-hydrogen) atoms. The minimum Gasteiger partial charge on any atom is -0.313 e. The average molecular weight is 192 g/mol. The SMILES string of the molecule is CC(C)=C[C@H]1[C@@H](CN(C)C#N)C1(C)C. The quantitative estimate of drug-likeness (QED) is 0.390. The fourth-order valence-corrected chi connectivity index (χ4v) is 2.16. The van der Waals surface area contributed by atoms with Gasteiger partial charge in [0.25, 0.3) is 0 Å². The highest BCUT2D eigenvalue weighted by Crippen LogP contribution is 2.59. The van der Waals surface area contributed by atoms with Crippen LogP contribution in [0.3, 0.4) is 0 Å². The van der Waals surface area contributed by atoms with Crippen LogP contribution in [0.15, 0.2) is 11.6 Å². The third kappa shape index (κ3) is 2.09. The summed E-state index contributed by atoms with van der Waals surface area (Å²) in [6.45, 7) is 9.73. The van der Waals surface area contributed by atoms with Crippen molar-refractivity contribution in [2.24, 2.45) is 17.3 Å². The lowest BCUT2D eigenvalue weighted by atomic mass is 10.1. The van der Waals surface area contributed by atoms with E-state index in [4.69, 9.17) is 5.26 Å². The van der Waals surface area contributed by atoms with E-state index in [2.05, 4.69) is 40.0 Å². The summed E-state index contributed by atoms with van der Waals surface area (Å²) < 4.78 is 0. The van der Waals surface area contributed by atoms with Crippen molar-refractivity contribution in [2.45, 2.75) is 27.7 Å². The van der Waals surface area contributed by atoms with Gasteiger partial charge < -0.3 is 4.90 Å². The van der Waals surface area contributed by atoms with Crippen molar-refractivity contribution in [3.05, 3.63) is 11.6 Å². The Morgan fingerprint density at radius 2 is 2.07 bits per heavy atom. The van der Waals surface area contributed by atoms with Crippen LogP contribution < -0.4 is 0 Å². The van der Waals surface area contributed by atoms with E-state index in [1.54, 1.807) is 4.90 Å². The first-order chi connectivity index (χ1) is 6.39. The number of allylic oxidation sites excluding steroid dienone is 2. The Morgan fingerprint density at radius 3 is 2.50 bits per heavy atom. The van der Waals surface area contributed by atoms with Crippen LogP contribution in [-0.2, 0) is 0 Å². The molecular formula is C12H20N2. The van der Waals surface area contributed by atoms with Gasteiger partial charge in [-0.3, -0.25) is 0 Å². The molecule has 0 saturated heterocycles. The Hall–Kier alpha value is -0.970. The molecule has 1 aliphatic rings. The first-order valence-corrected chi connectivity index (χ1v) is 5.15. The summed E-state index contributed by atoms with van der Waals surface area (Å²) in [6, 6.07) is 0. The zero-order valence-electron chi connectivity index (χ0n) is 9.83. The Balaban J connectivity index is 2.59. The van der Waals surface area contributed by atoms with Gasteiger partial charge in [0.15, 0.2) is 6.19 Å². The highest BCUT2D eigenvalue weighted by molar-refractivity contribution is 5.17. The van der Waals surface area contributed by atoms with Gasteiger partial charge in [-0.2, -0.15) is 5.26 Å². The molecule has 2 nitrogen and oxygen atoms in total. The molecule has 0 spiro atoms. The van der Waals surface area contributed by atoms with Crippen LogP contribution in [0.1, 0.15) is 27.7 Å². The maximum atomic E-state index is 8.71. The highest BCUT2D eigenvalue weighted by Gasteiger charge is 2.56. The van der Waals surface area contributed by atoms with Gasteiger partial charge >= 0.3 is 0 Å². The van der Waals surface area contributed by atoms with Gasteiger partial charge in [0.05, 0.1) is 0 Å². The standard InChI is InChI=1S/C12H20N2/c1-9(2)6-10-11(12(10,3)4)7-14(5)8-13/h6,10-11H,7H2,1-5H3/t10-,11+/m0/s1. The molecule has 2 atom stereocenters. The second-order valence-electron chi connectivity index (χ2n) is 5.18. The summed E-state index contributed by atoms with van der Waals surface area (Å²) in [5.74, 6) is 1.30. The third-order valence-electron chi connectivity index (χ3n) is 3.29. The van der Waals surface area contributed by atoms with Crippen LogP contribution in [0.25, 0.3) is 0 Å². The minimum atomic E-state index is 0.377. The lowest BCUT2D eigenvalue weighted by Gasteiger charge is -2.08. The summed E-state index contributed by atoms with van der Waals surface area (Å²) in [5.41, 5.74) is 1.76. The molecule has 78 valence electrons. The van der Waals surface area contributed by atoms with Gasteiger partial charge in [0, 0.05) is 13.6 Å². The van der Waals surface area contributed by atoms with E-state index in [0.717, 1.165) is 6.54 Å². The maximum absolute atomic E-state index is 8.71. The molecule has 1 fully saturated rings. The highest BCUT2D eigenvalue weighted by atomic mass is 15.1. The van der Waals surface area contributed by atoms with E-state index in [-0.39, 0.29) is 0 Å². The Kier molecular flexibility index (Phi) is 2.89. The van der Waals surface area contributed by atoms with Crippen LogP contribution in [-0.4, -0.2) is 18.5 Å². The van der Waals surface area contributed by atoms with Gasteiger partial charge in [-0.1, -0.05) is 25.5 Å². The average Bonchev–Trinajstić information content (AvgIpc) is 2.55. The molecule has 0 radical (unpaired) electrons. The van der Waals surface area contributed by atoms with Crippen molar-refractivity contribution in [3.8, 4) is 6.19 Å². The van der Waals surface area contributed by atoms with E-state index in [0.29, 0.717) is 17.3 Å². The van der Waals surface area contributed by atoms with Gasteiger partial charge in [0.1, 0.15) is 0 Å². The van der Waals surface area contributed by atoms with E-state index in [1.165, 1.54) is 5.57 Å². The van der Waals surface area contributed by atoms with E-state index in [9.17, 15) is 0 Å². The van der Waals surface area contributed by atoms with Crippen LogP contribution in [0.4, 0.5) is 0 Å². The summed E-state index contributed by atoms with van der Waals surface area (Å²) in [6.07, 6.45) is 4.50. The number of nitriles is 1. The smallest absolute Gasteiger partial charge is 0.179 e. The molecule has 0 unspecified atom stereocenters. The van der Waals surface area contributed by atoms with Crippen molar-refractivity contribution in [2.75, 3.05) is 13.6 Å². The first-order valence-electron chi connectivity index (χ1n) is 5.15. The fraction of sp³-hybridized carbons (Fsp3) is 0.750. The normalized spacial score (nSPS) is 27.7. The number of hydrogen-bond donors (Lipinski definition) is 0. The Morgan fingerprint density at radius 1 is 1.50 bits per heavy atom. The second kappa shape index (κ2) is 3.65. The zero-order chi connectivity index (χ0) is 10.9. The van der Waals surface area contributed by atoms with Gasteiger partial charge in [-0.05, 0) is 31.1 Å². The van der Waals surface area contributed by atoms with Crippen molar-refractivity contribution in [1.82, 2.24) is 4.90 Å². The molecule has 2 heteroatoms. The largest absolute Gasteiger partial charge is 0.313 e. The van der Waals surface area contributed by atoms with Crippen molar-refractivity contribution in [3.63, 3.8) is 0 Å². The summed E-state index contributed by atoms with van der Waals surface area (Å²) in [5, 5.41) is 8.71. The lowest BCUT2D eigenvalue weighted by molar-refractivity contribution is 0.406. The van der Waals surface area contributed by atoms with Crippen LogP contribution in [0.2, 0.25) is 0 Å². The number of rotatable bonds is 3. The molecular weight excluding hydrogens is 172 g/mol. The second-order valence-corrected chi connectivity index (χ2v) is 5.18. The van der Waals surface area contributed by atoms with Crippen LogP contribution in [0.5, 0.6) is 0 Å². The molecule has 0 amide bonds. The van der Waals surface area contributed by atoms with Gasteiger partial charge in [-0.15, -0.1) is 0 Å². The lowest BCUT2D eigenvalue weighted by Crippen LogP contribution is -2.16. The summed E-state index contributed by atoms with van der Waals surface area (Å²) >= 11 is 0. The summed E-state index contributed by atoms with van der Waals surface area (Å²) in [7, 11) is 1.86. The molecule has 1 rings (SSSR count). The van der Waals surface area contributed by atoms with E-state index >= 15 is 0 Å². The monoisotopic (exact) mass is 192 g/mol. The molecule has 0 aromatic rings. The predicted molar refractivity (Wildman–Crippen MR) is 58.4 cm³/mol. The van der Waals surface area contributed by atoms with Crippen LogP contribution >= 0.6 is 0 Å². The molecule has 1 aliphatic carbocycles. The number of hydrogen-bond acceptors (Lipinski definition) is 2. The van der Waals surface area contributed by atoms with Crippen LogP contribution in [0, 0.1) is 28.7 Å². The van der Waals surface area contributed by atoms with E-state index in [1.807, 2.05) is 7.05 Å². The maximum Gasteiger partial charge on any atom is 0.179 e. The number of nitrogens with zero attached hydrogens (tertiary/aromatic N) is 2. The molecule has 1 saturated carbocycles. The Labute approximate surface area is 87.2 Å². The van der Waals surface area contributed by atoms with Gasteiger partial charge in [0.2, 0.25) is 0 Å². The van der Waals surface area contributed by atoms with Crippen molar-refractivity contribution in [1.29, 1.82) is 5.26 Å². The fourth-order valence-electron chi connectivity index (χ4n) is 2.16. The topological polar surface area (TPSA) is 27.0 Å². The molecule has 0 aliphatic heterocycles. The van der Waals surface area contributed by atoms with E-state index < -0.39 is 0 Å². The first kappa shape index (κ1) is 11.1. The zero-order valence-corrected chi connectivity index (χ0v) is 9.83. The van der Waals surface area contributed by atoms with Crippen molar-refractivity contribution >= 4 is 0 Å². The molecule has 0 N–H and O–H groups in total. The predicted octanol–water partition coefficient (Wildman–Crippen LogP) is 2.64. The molecule has 0 aromatic carbocycles. The molecule has 0 bridgehead atoms. The molecule has 0 aromatic heterocycles. The van der Waals surface area contributed by atoms with Gasteiger partial charge in [-0.25, -0.2) is 0 Å². The minimum absolute atomic E-state index is 0.377. The van der Waals surface area contributed by atoms with Crippen molar-refractivity contribution < 1.29 is 0 Å². The summed E-state index contributed by atoms with van der Waals surface area (Å²) in [4.78, 5) is 1.73. The Bertz CT molecular complexity index is 279.